The summed E-state index contributed by atoms with van der Waals surface area (Å²) in [4.78, 5) is 2.20. The van der Waals surface area contributed by atoms with Gasteiger partial charge in [0.25, 0.3) is 0 Å². The summed E-state index contributed by atoms with van der Waals surface area (Å²) < 4.78 is 29.9. The first-order valence-corrected chi connectivity index (χ1v) is 7.89. The fraction of sp³-hybridized carbons (Fsp3) is 0.333. The monoisotopic (exact) mass is 330 g/mol. The number of anilines is 1. The molecule has 0 amide bonds. The van der Waals surface area contributed by atoms with E-state index in [4.69, 9.17) is 14.2 Å². The Bertz CT molecular complexity index is 764. The number of ether oxygens (including phenoxy) is 3. The largest absolute Gasteiger partial charge is 0.492 e. The van der Waals surface area contributed by atoms with Crippen LogP contribution in [0.5, 0.6) is 17.2 Å². The van der Waals surface area contributed by atoms with Crippen LogP contribution in [-0.4, -0.2) is 32.4 Å². The molecule has 0 aliphatic carbocycles. The van der Waals surface area contributed by atoms with E-state index in [0.717, 1.165) is 30.0 Å². The quantitative estimate of drug-likeness (QED) is 0.936. The highest BCUT2D eigenvalue weighted by molar-refractivity contribution is 5.63. The topological polar surface area (TPSA) is 43.0 Å². The molecular weight excluding hydrogens is 311 g/mol. The Labute approximate surface area is 139 Å². The van der Waals surface area contributed by atoms with Gasteiger partial charge < -0.3 is 19.5 Å². The van der Waals surface area contributed by atoms with E-state index in [1.807, 2.05) is 13.1 Å². The van der Waals surface area contributed by atoms with Gasteiger partial charge in [0.1, 0.15) is 12.0 Å². The second kappa shape index (κ2) is 5.87. The van der Waals surface area contributed by atoms with Gasteiger partial charge in [-0.3, -0.25) is 4.90 Å². The number of nitrogens with zero attached hydrogens (tertiary/aromatic N) is 1. The zero-order valence-corrected chi connectivity index (χ0v) is 13.6. The average molecular weight is 330 g/mol. The van der Waals surface area contributed by atoms with E-state index in [-0.39, 0.29) is 18.8 Å². The zero-order valence-electron chi connectivity index (χ0n) is 13.6. The van der Waals surface area contributed by atoms with Crippen molar-refractivity contribution in [1.82, 2.24) is 4.90 Å². The summed E-state index contributed by atoms with van der Waals surface area (Å²) in [5.41, 5.74) is 3.06. The van der Waals surface area contributed by atoms with Crippen LogP contribution in [0, 0.1) is 5.82 Å². The number of rotatable bonds is 3. The molecule has 0 spiro atoms. The summed E-state index contributed by atoms with van der Waals surface area (Å²) in [6, 6.07) is 8.40. The van der Waals surface area contributed by atoms with Crippen LogP contribution >= 0.6 is 0 Å². The molecule has 2 aromatic carbocycles. The molecule has 0 unspecified atom stereocenters. The number of methoxy groups -OCH3 is 1. The lowest BCUT2D eigenvalue weighted by Gasteiger charge is -2.36. The number of likely N-dealkylation sites (N-methyl/N-ethyl adjacent to an activating group) is 1. The lowest BCUT2D eigenvalue weighted by atomic mass is 9.94. The maximum Gasteiger partial charge on any atom is 0.231 e. The highest BCUT2D eigenvalue weighted by Crippen LogP contribution is 2.49. The van der Waals surface area contributed by atoms with Crippen molar-refractivity contribution in [3.63, 3.8) is 0 Å². The molecule has 0 radical (unpaired) electrons. The molecule has 0 bridgehead atoms. The summed E-state index contributed by atoms with van der Waals surface area (Å²) in [6.07, 6.45) is 0.809. The van der Waals surface area contributed by atoms with Crippen molar-refractivity contribution in [3.8, 4) is 17.2 Å². The molecule has 0 saturated heterocycles. The average Bonchev–Trinajstić information content (AvgIpc) is 3.05. The standard InChI is InChI=1S/C18H19FN2O3/c1-21-8-7-11-9-14-16(24-10-23-14)17(22-2)15(11)18(21)20-13-5-3-12(19)4-6-13/h3-6,9,18,20H,7-8,10H2,1-2H3/t18-/m0/s1. The third kappa shape index (κ3) is 2.43. The van der Waals surface area contributed by atoms with Crippen LogP contribution in [0.1, 0.15) is 17.3 Å². The number of nitrogens with one attached hydrogen (secondary N) is 1. The van der Waals surface area contributed by atoms with Gasteiger partial charge in [0, 0.05) is 17.8 Å². The number of hydrogen-bond donors (Lipinski definition) is 1. The molecule has 1 atom stereocenters. The second-order valence-corrected chi connectivity index (χ2v) is 6.00. The van der Waals surface area contributed by atoms with Crippen molar-refractivity contribution in [3.05, 3.63) is 47.3 Å². The number of hydrogen-bond acceptors (Lipinski definition) is 5. The molecule has 2 heterocycles. The number of benzene rings is 2. The Morgan fingerprint density at radius 3 is 2.79 bits per heavy atom. The van der Waals surface area contributed by atoms with Crippen LogP contribution in [0.25, 0.3) is 0 Å². The van der Waals surface area contributed by atoms with E-state index < -0.39 is 0 Å². The van der Waals surface area contributed by atoms with Crippen LogP contribution in [0.3, 0.4) is 0 Å². The van der Waals surface area contributed by atoms with E-state index in [0.29, 0.717) is 11.5 Å². The minimum Gasteiger partial charge on any atom is -0.492 e. The SMILES string of the molecule is COc1c2c(cc3c1[C@@H](Nc1ccc(F)cc1)N(C)CC3)OCO2. The first-order valence-electron chi connectivity index (χ1n) is 7.89. The van der Waals surface area contributed by atoms with Gasteiger partial charge in [0.2, 0.25) is 12.5 Å². The fourth-order valence-corrected chi connectivity index (χ4v) is 3.32. The minimum absolute atomic E-state index is 0.0938. The summed E-state index contributed by atoms with van der Waals surface area (Å²) in [5.74, 6) is 1.83. The molecule has 0 aromatic heterocycles. The summed E-state index contributed by atoms with van der Waals surface area (Å²) >= 11 is 0. The van der Waals surface area contributed by atoms with Crippen LogP contribution in [0.15, 0.2) is 30.3 Å². The van der Waals surface area contributed by atoms with E-state index in [2.05, 4.69) is 10.2 Å². The van der Waals surface area contributed by atoms with Crippen LogP contribution in [0.2, 0.25) is 0 Å². The van der Waals surface area contributed by atoms with Crippen molar-refractivity contribution in [2.75, 3.05) is 32.8 Å². The Morgan fingerprint density at radius 1 is 1.25 bits per heavy atom. The fourth-order valence-electron chi connectivity index (χ4n) is 3.32. The molecule has 126 valence electrons. The van der Waals surface area contributed by atoms with Gasteiger partial charge in [0.15, 0.2) is 11.5 Å². The molecule has 5 nitrogen and oxygen atoms in total. The molecule has 0 saturated carbocycles. The molecule has 0 fully saturated rings. The van der Waals surface area contributed by atoms with Crippen molar-refractivity contribution in [1.29, 1.82) is 0 Å². The minimum atomic E-state index is -0.251. The normalized spacial score (nSPS) is 19.0. The molecule has 2 aliphatic rings. The van der Waals surface area contributed by atoms with E-state index in [1.54, 1.807) is 19.2 Å². The van der Waals surface area contributed by atoms with Crippen molar-refractivity contribution >= 4 is 5.69 Å². The van der Waals surface area contributed by atoms with Crippen molar-refractivity contribution in [2.45, 2.75) is 12.6 Å². The third-order valence-electron chi connectivity index (χ3n) is 4.54. The van der Waals surface area contributed by atoms with Crippen LogP contribution in [-0.2, 0) is 6.42 Å². The molecule has 2 aromatic rings. The Morgan fingerprint density at radius 2 is 2.04 bits per heavy atom. The zero-order chi connectivity index (χ0) is 16.7. The maximum absolute atomic E-state index is 13.2. The highest BCUT2D eigenvalue weighted by atomic mass is 19.1. The highest BCUT2D eigenvalue weighted by Gasteiger charge is 2.33. The molecule has 4 rings (SSSR count). The van der Waals surface area contributed by atoms with Gasteiger partial charge in [-0.05, 0) is 49.4 Å². The summed E-state index contributed by atoms with van der Waals surface area (Å²) in [5, 5.41) is 3.46. The first kappa shape index (κ1) is 15.1. The Balaban J connectivity index is 1.78. The second-order valence-electron chi connectivity index (χ2n) is 6.00. The lowest BCUT2D eigenvalue weighted by Crippen LogP contribution is -2.37. The van der Waals surface area contributed by atoms with E-state index in [9.17, 15) is 4.39 Å². The predicted octanol–water partition coefficient (Wildman–Crippen LogP) is 3.16. The summed E-state index contributed by atoms with van der Waals surface area (Å²) in [6.45, 7) is 1.11. The number of halogens is 1. The van der Waals surface area contributed by atoms with Gasteiger partial charge in [-0.1, -0.05) is 0 Å². The molecule has 24 heavy (non-hydrogen) atoms. The van der Waals surface area contributed by atoms with E-state index in [1.165, 1.54) is 17.7 Å². The third-order valence-corrected chi connectivity index (χ3v) is 4.54. The van der Waals surface area contributed by atoms with Crippen molar-refractivity contribution < 1.29 is 18.6 Å². The first-order chi connectivity index (χ1) is 11.7. The predicted molar refractivity (Wildman–Crippen MR) is 88.2 cm³/mol. The van der Waals surface area contributed by atoms with Gasteiger partial charge in [-0.15, -0.1) is 0 Å². The lowest BCUT2D eigenvalue weighted by molar-refractivity contribution is 0.170. The van der Waals surface area contributed by atoms with Crippen molar-refractivity contribution in [2.24, 2.45) is 0 Å². The Hall–Kier alpha value is -2.47. The Kier molecular flexibility index (Phi) is 3.69. The van der Waals surface area contributed by atoms with Gasteiger partial charge >= 0.3 is 0 Å². The molecular formula is C18H19FN2O3. The summed E-state index contributed by atoms with van der Waals surface area (Å²) in [7, 11) is 3.69. The molecule has 2 aliphatic heterocycles. The maximum atomic E-state index is 13.2. The van der Waals surface area contributed by atoms with Gasteiger partial charge in [0.05, 0.1) is 7.11 Å². The van der Waals surface area contributed by atoms with Crippen LogP contribution in [0.4, 0.5) is 10.1 Å². The molecule has 6 heteroatoms. The smallest absolute Gasteiger partial charge is 0.231 e. The number of fused-ring (bicyclic) bond motifs is 2. The molecule has 1 N–H and O–H groups in total. The van der Waals surface area contributed by atoms with Crippen LogP contribution < -0.4 is 19.5 Å². The van der Waals surface area contributed by atoms with Gasteiger partial charge in [-0.25, -0.2) is 4.39 Å². The van der Waals surface area contributed by atoms with Gasteiger partial charge in [-0.2, -0.15) is 0 Å². The van der Waals surface area contributed by atoms with E-state index >= 15 is 0 Å².